The molecule has 5 nitrogen and oxygen atoms in total. The lowest BCUT2D eigenvalue weighted by Crippen LogP contribution is -2.46. The molecule has 1 saturated carbocycles. The Morgan fingerprint density at radius 2 is 2.00 bits per heavy atom. The molecule has 0 aromatic rings. The highest BCUT2D eigenvalue weighted by atomic mass is 32.2. The summed E-state index contributed by atoms with van der Waals surface area (Å²) in [5.74, 6) is -0.342. The minimum Gasteiger partial charge on any atom is -0.369 e. The van der Waals surface area contributed by atoms with Crippen LogP contribution in [0, 0.1) is 5.41 Å². The molecule has 0 aromatic carbocycles. The van der Waals surface area contributed by atoms with Crippen LogP contribution < -0.4 is 11.1 Å². The first-order chi connectivity index (χ1) is 8.13. The molecule has 1 aliphatic rings. The van der Waals surface area contributed by atoms with Gasteiger partial charge in [-0.15, -0.1) is 0 Å². The normalized spacial score (nSPS) is 25.9. The maximum Gasteiger partial charge on any atom is 0.224 e. The standard InChI is InChI=1S/C12H24N2O3S/c1-12(2,11(13)15)8-14-9-5-4-6-10(7-9)18(3,16)17/h9-10,14H,4-8H2,1-3H3,(H2,13,15). The first-order valence-corrected chi connectivity index (χ1v) is 8.30. The van der Waals surface area contributed by atoms with Crippen LogP contribution >= 0.6 is 0 Å². The van der Waals surface area contributed by atoms with Gasteiger partial charge in [-0.05, 0) is 33.1 Å². The van der Waals surface area contributed by atoms with E-state index in [1.807, 2.05) is 0 Å². The number of hydrogen-bond donors (Lipinski definition) is 2. The molecular formula is C12H24N2O3S. The fourth-order valence-electron chi connectivity index (χ4n) is 2.21. The van der Waals surface area contributed by atoms with Crippen LogP contribution in [0.15, 0.2) is 0 Å². The van der Waals surface area contributed by atoms with E-state index in [-0.39, 0.29) is 17.2 Å². The predicted molar refractivity (Wildman–Crippen MR) is 71.9 cm³/mol. The van der Waals surface area contributed by atoms with Crippen LogP contribution in [0.4, 0.5) is 0 Å². The van der Waals surface area contributed by atoms with Crippen LogP contribution in [0.3, 0.4) is 0 Å². The largest absolute Gasteiger partial charge is 0.369 e. The zero-order chi connectivity index (χ0) is 14.0. The van der Waals surface area contributed by atoms with Crippen molar-refractivity contribution in [1.29, 1.82) is 0 Å². The van der Waals surface area contributed by atoms with Crippen LogP contribution in [0.1, 0.15) is 39.5 Å². The van der Waals surface area contributed by atoms with Crippen LogP contribution in [0.25, 0.3) is 0 Å². The molecule has 1 rings (SSSR count). The number of hydrogen-bond acceptors (Lipinski definition) is 4. The molecule has 2 unspecified atom stereocenters. The van der Waals surface area contributed by atoms with Gasteiger partial charge in [-0.1, -0.05) is 6.42 Å². The maximum absolute atomic E-state index is 11.5. The monoisotopic (exact) mass is 276 g/mol. The van der Waals surface area contributed by atoms with Gasteiger partial charge in [0.2, 0.25) is 5.91 Å². The second-order valence-electron chi connectivity index (χ2n) is 5.94. The van der Waals surface area contributed by atoms with Crippen molar-refractivity contribution < 1.29 is 13.2 Å². The van der Waals surface area contributed by atoms with Crippen molar-refractivity contribution in [1.82, 2.24) is 5.32 Å². The Kier molecular flexibility index (Phi) is 4.78. The van der Waals surface area contributed by atoms with E-state index in [4.69, 9.17) is 5.73 Å². The fourth-order valence-corrected chi connectivity index (χ4v) is 3.38. The average molecular weight is 276 g/mol. The lowest BCUT2D eigenvalue weighted by molar-refractivity contribution is -0.125. The van der Waals surface area contributed by atoms with E-state index in [0.717, 1.165) is 19.3 Å². The smallest absolute Gasteiger partial charge is 0.224 e. The predicted octanol–water partition coefficient (Wildman–Crippen LogP) is 0.443. The molecule has 1 fully saturated rings. The van der Waals surface area contributed by atoms with E-state index in [1.54, 1.807) is 13.8 Å². The molecule has 0 heterocycles. The summed E-state index contributed by atoms with van der Waals surface area (Å²) >= 11 is 0. The van der Waals surface area contributed by atoms with Gasteiger partial charge in [0.05, 0.1) is 10.7 Å². The number of sulfone groups is 1. The van der Waals surface area contributed by atoms with Crippen LogP contribution in [0.5, 0.6) is 0 Å². The summed E-state index contributed by atoms with van der Waals surface area (Å²) in [4.78, 5) is 11.2. The number of nitrogens with one attached hydrogen (secondary N) is 1. The molecule has 6 heteroatoms. The third-order valence-electron chi connectivity index (χ3n) is 3.73. The molecule has 0 saturated heterocycles. The number of carbonyl (C=O) groups excluding carboxylic acids is 1. The second kappa shape index (κ2) is 5.57. The minimum atomic E-state index is -2.96. The summed E-state index contributed by atoms with van der Waals surface area (Å²) in [6.07, 6.45) is 4.55. The lowest BCUT2D eigenvalue weighted by Gasteiger charge is -2.31. The highest BCUT2D eigenvalue weighted by molar-refractivity contribution is 7.91. The summed E-state index contributed by atoms with van der Waals surface area (Å²) in [7, 11) is -2.96. The molecule has 0 bridgehead atoms. The summed E-state index contributed by atoms with van der Waals surface area (Å²) in [6, 6.07) is 0.164. The average Bonchev–Trinajstić information content (AvgIpc) is 2.25. The van der Waals surface area contributed by atoms with Crippen LogP contribution in [0.2, 0.25) is 0 Å². The molecular weight excluding hydrogens is 252 g/mol. The van der Waals surface area contributed by atoms with E-state index in [0.29, 0.717) is 13.0 Å². The van der Waals surface area contributed by atoms with Crippen molar-refractivity contribution >= 4 is 15.7 Å². The van der Waals surface area contributed by atoms with Crippen molar-refractivity contribution in [2.24, 2.45) is 11.1 Å². The third kappa shape index (κ3) is 4.24. The van der Waals surface area contributed by atoms with Crippen molar-refractivity contribution in [3.05, 3.63) is 0 Å². The van der Waals surface area contributed by atoms with Crippen molar-refractivity contribution in [3.8, 4) is 0 Å². The number of primary amides is 1. The van der Waals surface area contributed by atoms with E-state index < -0.39 is 15.3 Å². The third-order valence-corrected chi connectivity index (χ3v) is 5.37. The zero-order valence-electron chi connectivity index (χ0n) is 11.4. The topological polar surface area (TPSA) is 89.3 Å². The van der Waals surface area contributed by atoms with Crippen molar-refractivity contribution in [3.63, 3.8) is 0 Å². The van der Waals surface area contributed by atoms with Gasteiger partial charge in [0.1, 0.15) is 9.84 Å². The van der Waals surface area contributed by atoms with Gasteiger partial charge in [0, 0.05) is 18.8 Å². The first-order valence-electron chi connectivity index (χ1n) is 6.35. The van der Waals surface area contributed by atoms with E-state index in [2.05, 4.69) is 5.32 Å². The zero-order valence-corrected chi connectivity index (χ0v) is 12.2. The Morgan fingerprint density at radius 3 is 2.50 bits per heavy atom. The number of carbonyl (C=O) groups is 1. The minimum absolute atomic E-state index is 0.164. The SMILES string of the molecule is CC(C)(CNC1CCCC(S(C)(=O)=O)C1)C(N)=O. The quantitative estimate of drug-likeness (QED) is 0.762. The van der Waals surface area contributed by atoms with Gasteiger partial charge in [0.25, 0.3) is 0 Å². The number of rotatable bonds is 5. The summed E-state index contributed by atoms with van der Waals surface area (Å²) < 4.78 is 23.1. The Bertz CT molecular complexity index is 404. The first kappa shape index (κ1) is 15.4. The van der Waals surface area contributed by atoms with Crippen LogP contribution in [-0.4, -0.2) is 38.4 Å². The molecule has 106 valence electrons. The van der Waals surface area contributed by atoms with Crippen molar-refractivity contribution in [2.45, 2.75) is 50.8 Å². The van der Waals surface area contributed by atoms with Gasteiger partial charge >= 0.3 is 0 Å². The van der Waals surface area contributed by atoms with Gasteiger partial charge in [-0.3, -0.25) is 4.79 Å². The summed E-state index contributed by atoms with van der Waals surface area (Å²) in [5.41, 5.74) is 4.71. The fraction of sp³-hybridized carbons (Fsp3) is 0.917. The highest BCUT2D eigenvalue weighted by Gasteiger charge is 2.31. The van der Waals surface area contributed by atoms with E-state index >= 15 is 0 Å². The van der Waals surface area contributed by atoms with Gasteiger partial charge in [-0.25, -0.2) is 8.42 Å². The van der Waals surface area contributed by atoms with Gasteiger partial charge < -0.3 is 11.1 Å². The maximum atomic E-state index is 11.5. The van der Waals surface area contributed by atoms with Gasteiger partial charge in [0.15, 0.2) is 0 Å². The molecule has 1 amide bonds. The molecule has 2 atom stereocenters. The molecule has 3 N–H and O–H groups in total. The Balaban J connectivity index is 2.52. The summed E-state index contributed by atoms with van der Waals surface area (Å²) in [6.45, 7) is 4.07. The molecule has 0 spiro atoms. The number of amides is 1. The van der Waals surface area contributed by atoms with Crippen molar-refractivity contribution in [2.75, 3.05) is 12.8 Å². The Morgan fingerprint density at radius 1 is 1.39 bits per heavy atom. The molecule has 0 aliphatic heterocycles. The summed E-state index contributed by atoms with van der Waals surface area (Å²) in [5, 5.41) is 3.03. The van der Waals surface area contributed by atoms with Gasteiger partial charge in [-0.2, -0.15) is 0 Å². The number of nitrogens with two attached hydrogens (primary N) is 1. The van der Waals surface area contributed by atoms with E-state index in [9.17, 15) is 13.2 Å². The molecule has 0 radical (unpaired) electrons. The highest BCUT2D eigenvalue weighted by Crippen LogP contribution is 2.24. The van der Waals surface area contributed by atoms with Crippen LogP contribution in [-0.2, 0) is 14.6 Å². The Labute approximate surface area is 109 Å². The second-order valence-corrected chi connectivity index (χ2v) is 8.27. The lowest BCUT2D eigenvalue weighted by atomic mass is 9.90. The Hall–Kier alpha value is -0.620. The molecule has 18 heavy (non-hydrogen) atoms. The molecule has 0 aromatic heterocycles. The van der Waals surface area contributed by atoms with E-state index in [1.165, 1.54) is 6.26 Å². The molecule has 1 aliphatic carbocycles.